The summed E-state index contributed by atoms with van der Waals surface area (Å²) in [5.41, 5.74) is 0. The molecule has 10 nitrogen and oxygen atoms in total. The molecule has 0 saturated carbocycles. The zero-order valence-corrected chi connectivity index (χ0v) is 19.5. The highest BCUT2D eigenvalue weighted by atomic mass is 32.1. The predicted octanol–water partition coefficient (Wildman–Crippen LogP) is -1.64. The number of nitrogens with one attached hydrogen (secondary N) is 3. The van der Waals surface area contributed by atoms with Crippen molar-refractivity contribution in [2.45, 2.75) is 37.4 Å². The van der Waals surface area contributed by atoms with Gasteiger partial charge < -0.3 is 30.3 Å². The third kappa shape index (κ3) is 6.28. The van der Waals surface area contributed by atoms with Gasteiger partial charge in [0.2, 0.25) is 11.8 Å². The average molecular weight is 469 g/mol. The number of rotatable bonds is 7. The molecule has 0 radical (unpaired) electrons. The summed E-state index contributed by atoms with van der Waals surface area (Å²) in [6.45, 7) is 9.19. The molecule has 0 aromatic heterocycles. The largest absolute Gasteiger partial charge is 0.379 e. The van der Waals surface area contributed by atoms with Crippen molar-refractivity contribution >= 4 is 29.1 Å². The quantitative estimate of drug-likeness (QED) is 0.380. The number of morpholine rings is 2. The van der Waals surface area contributed by atoms with Gasteiger partial charge in [0.1, 0.15) is 0 Å². The summed E-state index contributed by atoms with van der Waals surface area (Å²) >= 11 is 5.49. The number of carbonyl (C=O) groups is 2. The minimum absolute atomic E-state index is 0.0799. The molecule has 180 valence electrons. The first kappa shape index (κ1) is 23.6. The molecule has 3 N–H and O–H groups in total. The number of thiocarbonyl (C=S) groups is 1. The van der Waals surface area contributed by atoms with Crippen LogP contribution in [0.2, 0.25) is 0 Å². The zero-order chi connectivity index (χ0) is 22.3. The highest BCUT2D eigenvalue weighted by molar-refractivity contribution is 7.80. The molecular formula is C21H36N6O4S. The molecule has 0 unspecified atom stereocenters. The molecule has 0 spiro atoms. The number of fused-ring (bicyclic) bond motifs is 1. The molecule has 0 aromatic rings. The topological polar surface area (TPSA) is 98.4 Å². The summed E-state index contributed by atoms with van der Waals surface area (Å²) in [6.07, 6.45) is 1.98. The Morgan fingerprint density at radius 2 is 1.84 bits per heavy atom. The lowest BCUT2D eigenvalue weighted by Gasteiger charge is -2.37. The van der Waals surface area contributed by atoms with Crippen molar-refractivity contribution in [2.75, 3.05) is 78.8 Å². The van der Waals surface area contributed by atoms with E-state index in [1.54, 1.807) is 0 Å². The van der Waals surface area contributed by atoms with E-state index >= 15 is 0 Å². The van der Waals surface area contributed by atoms with Crippen molar-refractivity contribution in [1.82, 2.24) is 30.7 Å². The fourth-order valence-corrected chi connectivity index (χ4v) is 5.27. The van der Waals surface area contributed by atoms with Gasteiger partial charge in [-0.1, -0.05) is 0 Å². The summed E-state index contributed by atoms with van der Waals surface area (Å²) in [5.74, 6) is 0.262. The van der Waals surface area contributed by atoms with Crippen molar-refractivity contribution in [3.05, 3.63) is 0 Å². The SMILES string of the molecule is O=C1NC[C@@H](CCC(=O)N2CCOCC2)N2C[C@@H](NC(=S)NCCN3CCOCC3)C[C@@H]12. The third-order valence-corrected chi connectivity index (χ3v) is 7.09. The Hall–Kier alpha value is -1.53. The number of carbonyl (C=O) groups excluding carboxylic acids is 2. The Morgan fingerprint density at radius 1 is 1.12 bits per heavy atom. The van der Waals surface area contributed by atoms with Gasteiger partial charge in [-0.25, -0.2) is 0 Å². The molecule has 4 aliphatic heterocycles. The lowest BCUT2D eigenvalue weighted by molar-refractivity contribution is -0.136. The molecule has 4 heterocycles. The van der Waals surface area contributed by atoms with Gasteiger partial charge in [0, 0.05) is 70.9 Å². The van der Waals surface area contributed by atoms with E-state index in [4.69, 9.17) is 21.7 Å². The summed E-state index contributed by atoms with van der Waals surface area (Å²) in [6, 6.07) is 0.155. The number of hydrogen-bond acceptors (Lipinski definition) is 7. The second kappa shape index (κ2) is 11.6. The molecule has 32 heavy (non-hydrogen) atoms. The van der Waals surface area contributed by atoms with E-state index in [9.17, 15) is 9.59 Å². The Balaban J connectivity index is 1.20. The van der Waals surface area contributed by atoms with Gasteiger partial charge in [-0.3, -0.25) is 19.4 Å². The van der Waals surface area contributed by atoms with E-state index in [1.165, 1.54) is 0 Å². The van der Waals surface area contributed by atoms with E-state index in [0.29, 0.717) is 44.4 Å². The number of hydrogen-bond donors (Lipinski definition) is 3. The lowest BCUT2D eigenvalue weighted by Crippen LogP contribution is -2.58. The van der Waals surface area contributed by atoms with Crippen LogP contribution in [-0.4, -0.2) is 129 Å². The standard InChI is InChI=1S/C21H36N6O4S/c28-19(26-7-11-31-12-8-26)2-1-17-14-23-20(29)18-13-16(15-27(17)18)24-21(32)22-3-4-25-5-9-30-10-6-25/h16-18H,1-15H2,(H,23,29)(H2,22,24,32)/t16-,17+,18-/m0/s1. The molecule has 4 rings (SSSR count). The molecule has 0 aliphatic carbocycles. The Morgan fingerprint density at radius 3 is 2.59 bits per heavy atom. The fraction of sp³-hybridized carbons (Fsp3) is 0.857. The van der Waals surface area contributed by atoms with Gasteiger partial charge >= 0.3 is 0 Å². The van der Waals surface area contributed by atoms with Crippen LogP contribution in [0, 0.1) is 0 Å². The van der Waals surface area contributed by atoms with Gasteiger partial charge in [0.05, 0.1) is 32.5 Å². The summed E-state index contributed by atoms with van der Waals surface area (Å²) in [4.78, 5) is 31.5. The van der Waals surface area contributed by atoms with Gasteiger partial charge in [-0.2, -0.15) is 0 Å². The predicted molar refractivity (Wildman–Crippen MR) is 123 cm³/mol. The smallest absolute Gasteiger partial charge is 0.237 e. The maximum atomic E-state index is 12.5. The van der Waals surface area contributed by atoms with E-state index in [0.717, 1.165) is 58.8 Å². The van der Waals surface area contributed by atoms with Crippen LogP contribution in [0.5, 0.6) is 0 Å². The highest BCUT2D eigenvalue weighted by Gasteiger charge is 2.43. The maximum absolute atomic E-state index is 12.5. The van der Waals surface area contributed by atoms with Crippen molar-refractivity contribution < 1.29 is 19.1 Å². The Labute approximate surface area is 195 Å². The first-order valence-electron chi connectivity index (χ1n) is 11.8. The molecule has 4 saturated heterocycles. The number of nitrogens with zero attached hydrogens (tertiary/aromatic N) is 3. The van der Waals surface area contributed by atoms with Crippen molar-refractivity contribution in [2.24, 2.45) is 0 Å². The van der Waals surface area contributed by atoms with Crippen LogP contribution < -0.4 is 16.0 Å². The second-order valence-corrected chi connectivity index (χ2v) is 9.34. The van der Waals surface area contributed by atoms with E-state index in [2.05, 4.69) is 25.8 Å². The zero-order valence-electron chi connectivity index (χ0n) is 18.7. The van der Waals surface area contributed by atoms with Crippen LogP contribution in [0.1, 0.15) is 19.3 Å². The highest BCUT2D eigenvalue weighted by Crippen LogP contribution is 2.26. The molecule has 4 fully saturated rings. The minimum Gasteiger partial charge on any atom is -0.379 e. The molecule has 11 heteroatoms. The van der Waals surface area contributed by atoms with Crippen molar-refractivity contribution in [3.63, 3.8) is 0 Å². The van der Waals surface area contributed by atoms with Gasteiger partial charge in [-0.15, -0.1) is 0 Å². The first-order valence-corrected chi connectivity index (χ1v) is 12.2. The molecule has 2 amide bonds. The molecule has 0 aromatic carbocycles. The minimum atomic E-state index is -0.152. The lowest BCUT2D eigenvalue weighted by atomic mass is 10.0. The first-order chi connectivity index (χ1) is 15.6. The molecule has 4 aliphatic rings. The monoisotopic (exact) mass is 468 g/mol. The van der Waals surface area contributed by atoms with Crippen LogP contribution in [-0.2, 0) is 19.1 Å². The maximum Gasteiger partial charge on any atom is 0.237 e. The normalized spacial score (nSPS) is 29.3. The number of amides is 2. The van der Waals surface area contributed by atoms with Crippen LogP contribution >= 0.6 is 12.2 Å². The molecular weight excluding hydrogens is 432 g/mol. The van der Waals surface area contributed by atoms with Gasteiger partial charge in [0.15, 0.2) is 5.11 Å². The van der Waals surface area contributed by atoms with E-state index in [1.807, 2.05) is 4.90 Å². The molecule has 3 atom stereocenters. The van der Waals surface area contributed by atoms with Crippen molar-refractivity contribution in [3.8, 4) is 0 Å². The van der Waals surface area contributed by atoms with E-state index in [-0.39, 0.29) is 29.9 Å². The van der Waals surface area contributed by atoms with Crippen LogP contribution in [0.4, 0.5) is 0 Å². The molecule has 0 bridgehead atoms. The number of piperazine rings is 1. The summed E-state index contributed by atoms with van der Waals surface area (Å²) in [5, 5.41) is 10.4. The Kier molecular flexibility index (Phi) is 8.53. The summed E-state index contributed by atoms with van der Waals surface area (Å²) in [7, 11) is 0. The third-order valence-electron chi connectivity index (χ3n) is 6.83. The van der Waals surface area contributed by atoms with Gasteiger partial charge in [0.25, 0.3) is 0 Å². The second-order valence-electron chi connectivity index (χ2n) is 8.93. The van der Waals surface area contributed by atoms with Crippen LogP contribution in [0.25, 0.3) is 0 Å². The number of ether oxygens (including phenoxy) is 2. The van der Waals surface area contributed by atoms with E-state index < -0.39 is 0 Å². The fourth-order valence-electron chi connectivity index (χ4n) is 5.00. The van der Waals surface area contributed by atoms with Crippen LogP contribution in [0.15, 0.2) is 0 Å². The summed E-state index contributed by atoms with van der Waals surface area (Å²) < 4.78 is 10.7. The van der Waals surface area contributed by atoms with Crippen molar-refractivity contribution in [1.29, 1.82) is 0 Å². The Bertz CT molecular complexity index is 671. The average Bonchev–Trinajstić information content (AvgIpc) is 3.24. The van der Waals surface area contributed by atoms with Crippen LogP contribution in [0.3, 0.4) is 0 Å². The van der Waals surface area contributed by atoms with Gasteiger partial charge in [-0.05, 0) is 25.1 Å².